The summed E-state index contributed by atoms with van der Waals surface area (Å²) in [6.45, 7) is 1.37. The van der Waals surface area contributed by atoms with Crippen LogP contribution in [0, 0.1) is 0 Å². The van der Waals surface area contributed by atoms with Crippen LogP contribution in [0.1, 0.15) is 48.9 Å². The number of carbonyl (C=O) groups excluding carboxylic acids is 1. The molecule has 1 aromatic rings. The molecule has 0 spiro atoms. The summed E-state index contributed by atoms with van der Waals surface area (Å²) in [5.74, 6) is -0.190. The second-order valence-electron chi connectivity index (χ2n) is 5.33. The van der Waals surface area contributed by atoms with Gasteiger partial charge < -0.3 is 15.7 Å². The summed E-state index contributed by atoms with van der Waals surface area (Å²) in [5, 5.41) is 15.6. The van der Waals surface area contributed by atoms with Gasteiger partial charge in [-0.3, -0.25) is 9.78 Å². The van der Waals surface area contributed by atoms with Crippen LogP contribution in [0.3, 0.4) is 0 Å². The summed E-state index contributed by atoms with van der Waals surface area (Å²) in [7, 11) is 0. The summed E-state index contributed by atoms with van der Waals surface area (Å²) >= 11 is 0. The minimum absolute atomic E-state index is 0.00855. The average molecular weight is 277 g/mol. The summed E-state index contributed by atoms with van der Waals surface area (Å²) in [6, 6.07) is 2.01. The molecule has 0 atom stereocenters. The van der Waals surface area contributed by atoms with Crippen molar-refractivity contribution in [3.8, 4) is 5.75 Å². The Bertz CT molecular complexity index is 429. The molecule has 5 heteroatoms. The third-order valence-corrected chi connectivity index (χ3v) is 3.68. The van der Waals surface area contributed by atoms with E-state index in [0.29, 0.717) is 18.2 Å². The van der Waals surface area contributed by atoms with Crippen LogP contribution in [0.2, 0.25) is 0 Å². The third-order valence-electron chi connectivity index (χ3n) is 3.68. The molecule has 110 valence electrons. The Morgan fingerprint density at radius 2 is 1.95 bits per heavy atom. The van der Waals surface area contributed by atoms with E-state index in [1.165, 1.54) is 57.0 Å². The highest BCUT2D eigenvalue weighted by molar-refractivity contribution is 5.94. The normalized spacial score (nSPS) is 16.6. The van der Waals surface area contributed by atoms with Gasteiger partial charge in [0.15, 0.2) is 0 Å². The van der Waals surface area contributed by atoms with Crippen molar-refractivity contribution in [2.75, 3.05) is 13.1 Å². The van der Waals surface area contributed by atoms with E-state index in [1.807, 2.05) is 0 Å². The number of nitrogens with zero attached hydrogens (tertiary/aromatic N) is 1. The maximum absolute atomic E-state index is 11.8. The first kappa shape index (κ1) is 14.8. The molecule has 0 aromatic carbocycles. The van der Waals surface area contributed by atoms with Gasteiger partial charge in [0.2, 0.25) is 0 Å². The molecule has 20 heavy (non-hydrogen) atoms. The molecule has 1 aromatic heterocycles. The van der Waals surface area contributed by atoms with E-state index in [9.17, 15) is 9.90 Å². The second-order valence-corrected chi connectivity index (χ2v) is 5.33. The van der Waals surface area contributed by atoms with E-state index in [0.717, 1.165) is 6.54 Å². The van der Waals surface area contributed by atoms with E-state index in [4.69, 9.17) is 0 Å². The summed E-state index contributed by atoms with van der Waals surface area (Å²) in [4.78, 5) is 15.6. The number of amides is 1. The van der Waals surface area contributed by atoms with Crippen molar-refractivity contribution >= 4 is 5.91 Å². The molecule has 0 unspecified atom stereocenters. The fourth-order valence-electron chi connectivity index (χ4n) is 2.59. The largest absolute Gasteiger partial charge is 0.506 e. The van der Waals surface area contributed by atoms with E-state index in [-0.39, 0.29) is 11.7 Å². The van der Waals surface area contributed by atoms with Crippen LogP contribution in [-0.4, -0.2) is 35.1 Å². The lowest BCUT2D eigenvalue weighted by atomic mass is 10.1. The minimum atomic E-state index is -0.198. The Labute approximate surface area is 119 Å². The maximum Gasteiger partial charge on any atom is 0.253 e. The molecule has 0 bridgehead atoms. The third kappa shape index (κ3) is 4.81. The molecular weight excluding hydrogens is 254 g/mol. The smallest absolute Gasteiger partial charge is 0.253 e. The van der Waals surface area contributed by atoms with E-state index in [2.05, 4.69) is 15.6 Å². The zero-order valence-corrected chi connectivity index (χ0v) is 11.8. The van der Waals surface area contributed by atoms with Crippen molar-refractivity contribution in [2.45, 2.75) is 44.6 Å². The Kier molecular flexibility index (Phi) is 5.80. The van der Waals surface area contributed by atoms with Gasteiger partial charge in [-0.15, -0.1) is 0 Å². The van der Waals surface area contributed by atoms with Gasteiger partial charge in [-0.2, -0.15) is 0 Å². The minimum Gasteiger partial charge on any atom is -0.506 e. The zero-order chi connectivity index (χ0) is 14.2. The first-order valence-electron chi connectivity index (χ1n) is 7.41. The lowest BCUT2D eigenvalue weighted by molar-refractivity contribution is 0.0952. The molecular formula is C15H23N3O2. The van der Waals surface area contributed by atoms with Gasteiger partial charge in [-0.05, 0) is 18.9 Å². The summed E-state index contributed by atoms with van der Waals surface area (Å²) < 4.78 is 0. The highest BCUT2D eigenvalue weighted by atomic mass is 16.3. The number of aromatic hydroxyl groups is 1. The van der Waals surface area contributed by atoms with Gasteiger partial charge in [0.1, 0.15) is 5.75 Å². The molecule has 0 radical (unpaired) electrons. The van der Waals surface area contributed by atoms with Crippen LogP contribution >= 0.6 is 0 Å². The number of hydrogen-bond donors (Lipinski definition) is 3. The lowest BCUT2D eigenvalue weighted by Crippen LogP contribution is -2.36. The summed E-state index contributed by atoms with van der Waals surface area (Å²) in [6.07, 6.45) is 10.5. The quantitative estimate of drug-likeness (QED) is 0.567. The van der Waals surface area contributed by atoms with Crippen molar-refractivity contribution in [3.63, 3.8) is 0 Å². The molecule has 0 aliphatic heterocycles. The molecule has 5 nitrogen and oxygen atoms in total. The number of nitrogens with one attached hydrogen (secondary N) is 2. The molecule has 1 aliphatic rings. The number of aromatic nitrogens is 1. The van der Waals surface area contributed by atoms with Gasteiger partial charge in [0, 0.05) is 25.3 Å². The Hall–Kier alpha value is -1.62. The van der Waals surface area contributed by atoms with E-state index < -0.39 is 0 Å². The average Bonchev–Trinajstić information content (AvgIpc) is 2.72. The Morgan fingerprint density at radius 1 is 1.20 bits per heavy atom. The van der Waals surface area contributed by atoms with Crippen LogP contribution in [0.5, 0.6) is 5.75 Å². The molecule has 2 rings (SSSR count). The van der Waals surface area contributed by atoms with Crippen molar-refractivity contribution in [2.24, 2.45) is 0 Å². The molecule has 1 aliphatic carbocycles. The fraction of sp³-hybridized carbons (Fsp3) is 0.600. The van der Waals surface area contributed by atoms with Crippen LogP contribution < -0.4 is 10.6 Å². The maximum atomic E-state index is 11.8. The molecule has 1 fully saturated rings. The SMILES string of the molecule is O=C(NCCNC1CCCCCC1)c1cncc(O)c1. The van der Waals surface area contributed by atoms with Crippen molar-refractivity contribution in [1.29, 1.82) is 0 Å². The fourth-order valence-corrected chi connectivity index (χ4v) is 2.59. The van der Waals surface area contributed by atoms with Crippen LogP contribution in [0.25, 0.3) is 0 Å². The molecule has 1 amide bonds. The Balaban J connectivity index is 1.66. The first-order valence-corrected chi connectivity index (χ1v) is 7.41. The second kappa shape index (κ2) is 7.85. The monoisotopic (exact) mass is 277 g/mol. The van der Waals surface area contributed by atoms with Crippen LogP contribution in [0.15, 0.2) is 18.5 Å². The number of pyridine rings is 1. The summed E-state index contributed by atoms with van der Waals surface area (Å²) in [5.41, 5.74) is 0.388. The number of hydrogen-bond acceptors (Lipinski definition) is 4. The predicted molar refractivity (Wildman–Crippen MR) is 77.7 cm³/mol. The molecule has 3 N–H and O–H groups in total. The highest BCUT2D eigenvalue weighted by Crippen LogP contribution is 2.16. The molecule has 0 saturated heterocycles. The van der Waals surface area contributed by atoms with Gasteiger partial charge >= 0.3 is 0 Å². The molecule has 1 heterocycles. The number of carbonyl (C=O) groups is 1. The van der Waals surface area contributed by atoms with Crippen molar-refractivity contribution in [1.82, 2.24) is 15.6 Å². The van der Waals surface area contributed by atoms with Crippen molar-refractivity contribution in [3.05, 3.63) is 24.0 Å². The van der Waals surface area contributed by atoms with E-state index >= 15 is 0 Å². The zero-order valence-electron chi connectivity index (χ0n) is 11.8. The van der Waals surface area contributed by atoms with Gasteiger partial charge in [0.25, 0.3) is 5.91 Å². The van der Waals surface area contributed by atoms with E-state index in [1.54, 1.807) is 0 Å². The Morgan fingerprint density at radius 3 is 2.65 bits per heavy atom. The highest BCUT2D eigenvalue weighted by Gasteiger charge is 2.11. The van der Waals surface area contributed by atoms with Gasteiger partial charge in [-0.1, -0.05) is 25.7 Å². The van der Waals surface area contributed by atoms with Crippen molar-refractivity contribution < 1.29 is 9.90 Å². The van der Waals surface area contributed by atoms with Gasteiger partial charge in [-0.25, -0.2) is 0 Å². The topological polar surface area (TPSA) is 74.2 Å². The lowest BCUT2D eigenvalue weighted by Gasteiger charge is -2.16. The van der Waals surface area contributed by atoms with Crippen LogP contribution in [0.4, 0.5) is 0 Å². The van der Waals surface area contributed by atoms with Gasteiger partial charge in [0.05, 0.1) is 11.8 Å². The standard InChI is InChI=1S/C15H23N3O2/c19-14-9-12(10-16-11-14)15(20)18-8-7-17-13-5-3-1-2-4-6-13/h9-11,13,17,19H,1-8H2,(H,18,20). The first-order chi connectivity index (χ1) is 9.75. The predicted octanol–water partition coefficient (Wildman–Crippen LogP) is 1.83. The van der Waals surface area contributed by atoms with Crippen LogP contribution in [-0.2, 0) is 0 Å². The molecule has 1 saturated carbocycles. The number of rotatable bonds is 5.